The van der Waals surface area contributed by atoms with Crippen molar-refractivity contribution in [1.29, 1.82) is 0 Å². The molecule has 3 heterocycles. The molecule has 1 aromatic carbocycles. The molecule has 2 aromatic heterocycles. The van der Waals surface area contributed by atoms with Crippen molar-refractivity contribution in [2.75, 3.05) is 13.1 Å². The van der Waals surface area contributed by atoms with E-state index >= 15 is 0 Å². The third-order valence-corrected chi connectivity index (χ3v) is 4.86. The van der Waals surface area contributed by atoms with Gasteiger partial charge in [-0.3, -0.25) is 0 Å². The zero-order chi connectivity index (χ0) is 16.7. The summed E-state index contributed by atoms with van der Waals surface area (Å²) in [7, 11) is 0. The number of nitrogens with zero attached hydrogens (tertiary/aromatic N) is 1. The van der Waals surface area contributed by atoms with Crippen molar-refractivity contribution in [3.8, 4) is 11.5 Å². The van der Waals surface area contributed by atoms with Gasteiger partial charge in [0.05, 0.1) is 5.56 Å². The summed E-state index contributed by atoms with van der Waals surface area (Å²) in [6.45, 7) is 1.75. The second-order valence-electron chi connectivity index (χ2n) is 5.58. The molecule has 24 heavy (non-hydrogen) atoms. The Hall–Kier alpha value is -2.12. The van der Waals surface area contributed by atoms with Gasteiger partial charge in [0.2, 0.25) is 0 Å². The molecule has 4 rings (SSSR count). The first-order valence-corrected chi connectivity index (χ1v) is 8.35. The summed E-state index contributed by atoms with van der Waals surface area (Å²) in [5.74, 6) is 0.487. The molecule has 0 amide bonds. The highest BCUT2D eigenvalue weighted by atomic mass is 32.1. The van der Waals surface area contributed by atoms with Crippen molar-refractivity contribution in [3.63, 3.8) is 0 Å². The first-order valence-electron chi connectivity index (χ1n) is 7.47. The fraction of sp³-hybridized carbons (Fsp3) is 0.235. The van der Waals surface area contributed by atoms with Gasteiger partial charge in [0, 0.05) is 17.3 Å². The number of nitrogens with one attached hydrogen (secondary N) is 1. The van der Waals surface area contributed by atoms with Gasteiger partial charge in [0.1, 0.15) is 16.3 Å². The molecule has 3 aromatic rings. The molecule has 0 radical (unpaired) electrons. The molecule has 1 aliphatic heterocycles. The number of hydrogen-bond acceptors (Lipinski definition) is 4. The van der Waals surface area contributed by atoms with E-state index in [0.717, 1.165) is 36.7 Å². The molecule has 124 valence electrons. The van der Waals surface area contributed by atoms with Crippen LogP contribution in [0, 0.1) is 0 Å². The Balaban J connectivity index is 1.69. The lowest BCUT2D eigenvalue weighted by Gasteiger charge is -2.11. The number of thiazole rings is 1. The third-order valence-electron chi connectivity index (χ3n) is 3.94. The monoisotopic (exact) mass is 350 g/mol. The molecule has 7 heteroatoms. The zero-order valence-corrected chi connectivity index (χ0v) is 13.3. The Morgan fingerprint density at radius 2 is 2.08 bits per heavy atom. The number of rotatable bonds is 2. The van der Waals surface area contributed by atoms with Gasteiger partial charge >= 0.3 is 6.18 Å². The number of benzene rings is 1. The van der Waals surface area contributed by atoms with Crippen LogP contribution >= 0.6 is 11.3 Å². The van der Waals surface area contributed by atoms with Gasteiger partial charge in [-0.25, -0.2) is 4.98 Å². The van der Waals surface area contributed by atoms with Gasteiger partial charge < -0.3 is 9.73 Å². The van der Waals surface area contributed by atoms with Gasteiger partial charge in [-0.1, -0.05) is 12.1 Å². The highest BCUT2D eigenvalue weighted by molar-refractivity contribution is 7.11. The van der Waals surface area contributed by atoms with Crippen molar-refractivity contribution in [2.45, 2.75) is 12.6 Å². The summed E-state index contributed by atoms with van der Waals surface area (Å²) in [5, 5.41) is 6.69. The zero-order valence-electron chi connectivity index (χ0n) is 12.5. The van der Waals surface area contributed by atoms with E-state index in [0.29, 0.717) is 16.8 Å². The normalized spacial score (nSPS) is 15.7. The van der Waals surface area contributed by atoms with Crippen LogP contribution in [-0.2, 0) is 6.18 Å². The van der Waals surface area contributed by atoms with Gasteiger partial charge in [0.25, 0.3) is 0 Å². The first-order chi connectivity index (χ1) is 11.5. The predicted octanol–water partition coefficient (Wildman–Crippen LogP) is 4.95. The minimum Gasteiger partial charge on any atom is -0.454 e. The molecule has 0 unspecified atom stereocenters. The quantitative estimate of drug-likeness (QED) is 0.710. The lowest BCUT2D eigenvalue weighted by Crippen LogP contribution is -2.19. The number of halogens is 3. The average Bonchev–Trinajstić information content (AvgIpc) is 3.21. The number of alkyl halides is 3. The molecule has 0 saturated carbocycles. The second kappa shape index (κ2) is 5.75. The van der Waals surface area contributed by atoms with Crippen molar-refractivity contribution in [3.05, 3.63) is 46.3 Å². The maximum atomic E-state index is 12.8. The highest BCUT2D eigenvalue weighted by Gasteiger charge is 2.31. The van der Waals surface area contributed by atoms with Crippen LogP contribution in [0.15, 0.2) is 40.1 Å². The molecular formula is C17H13F3N2OS. The van der Waals surface area contributed by atoms with E-state index in [1.165, 1.54) is 23.0 Å². The molecule has 0 spiro atoms. The van der Waals surface area contributed by atoms with Crippen LogP contribution in [0.2, 0.25) is 0 Å². The summed E-state index contributed by atoms with van der Waals surface area (Å²) in [6.07, 6.45) is -1.35. The largest absolute Gasteiger partial charge is 0.454 e. The fourth-order valence-corrected chi connectivity index (χ4v) is 3.56. The van der Waals surface area contributed by atoms with Crippen LogP contribution in [0.3, 0.4) is 0 Å². The van der Waals surface area contributed by atoms with E-state index in [9.17, 15) is 13.2 Å². The highest BCUT2D eigenvalue weighted by Crippen LogP contribution is 2.35. The Morgan fingerprint density at radius 3 is 2.83 bits per heavy atom. The standard InChI is InChI=1S/C17H13F3N2OS/c18-17(19,20)12-2-1-11-7-15(23-14(11)8-12)13-9-24-16(22-13)10-3-5-21-6-4-10/h1-3,7-9,21H,4-6H2. The van der Waals surface area contributed by atoms with E-state index in [1.54, 1.807) is 6.07 Å². The van der Waals surface area contributed by atoms with E-state index in [4.69, 9.17) is 4.42 Å². The summed E-state index contributed by atoms with van der Waals surface area (Å²) in [5.41, 5.74) is 1.35. The Kier molecular flexibility index (Phi) is 3.69. The maximum Gasteiger partial charge on any atom is 0.416 e. The van der Waals surface area contributed by atoms with Crippen molar-refractivity contribution in [2.24, 2.45) is 0 Å². The average molecular weight is 350 g/mol. The van der Waals surface area contributed by atoms with E-state index in [-0.39, 0.29) is 5.58 Å². The van der Waals surface area contributed by atoms with E-state index < -0.39 is 11.7 Å². The number of fused-ring (bicyclic) bond motifs is 1. The minimum atomic E-state index is -4.38. The van der Waals surface area contributed by atoms with E-state index in [2.05, 4.69) is 16.4 Å². The molecule has 0 saturated heterocycles. The van der Waals surface area contributed by atoms with Crippen LogP contribution in [0.5, 0.6) is 0 Å². The molecule has 3 nitrogen and oxygen atoms in total. The molecule has 0 aliphatic carbocycles. The molecular weight excluding hydrogens is 337 g/mol. The smallest absolute Gasteiger partial charge is 0.416 e. The number of furan rings is 1. The Bertz CT molecular complexity index is 923. The summed E-state index contributed by atoms with van der Waals surface area (Å²) < 4.78 is 44.0. The molecule has 1 aliphatic rings. The molecule has 1 N–H and O–H groups in total. The number of hydrogen-bond donors (Lipinski definition) is 1. The van der Waals surface area contributed by atoms with Crippen LogP contribution in [-0.4, -0.2) is 18.1 Å². The third kappa shape index (κ3) is 2.85. The Labute approximate surface area is 139 Å². The van der Waals surface area contributed by atoms with Crippen molar-refractivity contribution < 1.29 is 17.6 Å². The fourth-order valence-electron chi connectivity index (χ4n) is 2.68. The van der Waals surface area contributed by atoms with Crippen LogP contribution in [0.4, 0.5) is 13.2 Å². The summed E-state index contributed by atoms with van der Waals surface area (Å²) >= 11 is 1.52. The summed E-state index contributed by atoms with van der Waals surface area (Å²) in [6, 6.07) is 5.24. The maximum absolute atomic E-state index is 12.8. The van der Waals surface area contributed by atoms with Crippen LogP contribution in [0.1, 0.15) is 17.0 Å². The molecule has 0 fully saturated rings. The Morgan fingerprint density at radius 1 is 1.21 bits per heavy atom. The van der Waals surface area contributed by atoms with Crippen LogP contribution in [0.25, 0.3) is 28.0 Å². The number of aromatic nitrogens is 1. The van der Waals surface area contributed by atoms with Gasteiger partial charge in [-0.15, -0.1) is 11.3 Å². The topological polar surface area (TPSA) is 38.1 Å². The van der Waals surface area contributed by atoms with E-state index in [1.807, 2.05) is 5.38 Å². The van der Waals surface area contributed by atoms with Crippen LogP contribution < -0.4 is 5.32 Å². The van der Waals surface area contributed by atoms with Crippen molar-refractivity contribution >= 4 is 27.9 Å². The molecule has 0 bridgehead atoms. The van der Waals surface area contributed by atoms with Gasteiger partial charge in [-0.05, 0) is 36.7 Å². The van der Waals surface area contributed by atoms with Gasteiger partial charge in [0.15, 0.2) is 5.76 Å². The SMILES string of the molecule is FC(F)(F)c1ccc2cc(-c3csc(C4=CCNCC4)n3)oc2c1. The lowest BCUT2D eigenvalue weighted by atomic mass is 10.1. The first kappa shape index (κ1) is 15.4. The summed E-state index contributed by atoms with van der Waals surface area (Å²) in [4.78, 5) is 4.58. The van der Waals surface area contributed by atoms with Crippen molar-refractivity contribution in [1.82, 2.24) is 10.3 Å². The lowest BCUT2D eigenvalue weighted by molar-refractivity contribution is -0.137. The molecule has 0 atom stereocenters. The minimum absolute atomic E-state index is 0.218. The second-order valence-corrected chi connectivity index (χ2v) is 6.44. The predicted molar refractivity (Wildman–Crippen MR) is 87.8 cm³/mol. The van der Waals surface area contributed by atoms with Gasteiger partial charge in [-0.2, -0.15) is 13.2 Å².